The number of fused-ring (bicyclic) bond motifs is 3. The number of amides is 2. The number of aromatic nitrogens is 3. The number of benzene rings is 1. The number of ether oxygens (including phenoxy) is 1. The van der Waals surface area contributed by atoms with Crippen molar-refractivity contribution in [2.24, 2.45) is 17.3 Å². The number of imide groups is 1. The highest BCUT2D eigenvalue weighted by Crippen LogP contribution is 2.63. The highest BCUT2D eigenvalue weighted by molar-refractivity contribution is 6.31. The molecule has 5 heterocycles. The van der Waals surface area contributed by atoms with E-state index in [4.69, 9.17) is 16.3 Å². The molecule has 9 nitrogen and oxygen atoms in total. The van der Waals surface area contributed by atoms with Crippen molar-refractivity contribution in [3.05, 3.63) is 41.3 Å². The van der Waals surface area contributed by atoms with Gasteiger partial charge in [0.1, 0.15) is 24.4 Å². The van der Waals surface area contributed by atoms with Crippen LogP contribution in [0.3, 0.4) is 0 Å². The second kappa shape index (κ2) is 8.58. The molecule has 194 valence electrons. The van der Waals surface area contributed by atoms with E-state index in [1.54, 1.807) is 4.52 Å². The lowest BCUT2D eigenvalue weighted by atomic mass is 10.0. The standard InChI is InChI=1S/C26H27ClN6O3.ClH/c1-26(2)20-21(26)25(35)32(24(20)34)11-14-7-18-22(29-13-30-33(18)12-14)17-8-15(27)9-19-23(17)31(5-6-36-19)16-3-4-28-10-16;/h7-9,12-13,16,20-21,28H,3-6,10-11H2,1-2H3;1H. The molecule has 1 saturated carbocycles. The molecule has 3 fully saturated rings. The van der Waals surface area contributed by atoms with Gasteiger partial charge in [0, 0.05) is 35.4 Å². The summed E-state index contributed by atoms with van der Waals surface area (Å²) in [6.45, 7) is 7.53. The van der Waals surface area contributed by atoms with E-state index in [9.17, 15) is 9.59 Å². The summed E-state index contributed by atoms with van der Waals surface area (Å²) in [7, 11) is 0. The molecule has 1 N–H and O–H groups in total. The van der Waals surface area contributed by atoms with Gasteiger partial charge >= 0.3 is 0 Å². The molecule has 1 aromatic carbocycles. The number of nitrogens with zero attached hydrogens (tertiary/aromatic N) is 5. The first-order valence-electron chi connectivity index (χ1n) is 12.5. The Kier molecular flexibility index (Phi) is 5.67. The number of piperidine rings is 1. The van der Waals surface area contributed by atoms with Crippen molar-refractivity contribution in [1.82, 2.24) is 24.8 Å². The fourth-order valence-electron chi connectivity index (χ4n) is 6.42. The van der Waals surface area contributed by atoms with Gasteiger partial charge in [-0.05, 0) is 36.1 Å². The minimum absolute atomic E-state index is 0. The fourth-order valence-corrected chi connectivity index (χ4v) is 6.63. The molecule has 3 atom stereocenters. The number of likely N-dealkylation sites (tertiary alicyclic amines) is 1. The number of rotatable bonds is 4. The van der Waals surface area contributed by atoms with Crippen LogP contribution in [0.1, 0.15) is 25.8 Å². The average molecular weight is 543 g/mol. The molecule has 7 rings (SSSR count). The summed E-state index contributed by atoms with van der Waals surface area (Å²) >= 11 is 6.54. The third-order valence-electron chi connectivity index (χ3n) is 8.34. The Morgan fingerprint density at radius 1 is 1.19 bits per heavy atom. The van der Waals surface area contributed by atoms with E-state index in [2.05, 4.69) is 20.3 Å². The smallest absolute Gasteiger partial charge is 0.233 e. The molecule has 3 aromatic rings. The number of carbonyl (C=O) groups excluding carboxylic acids is 2. The lowest BCUT2D eigenvalue weighted by Gasteiger charge is -2.37. The Morgan fingerprint density at radius 3 is 2.70 bits per heavy atom. The number of halogens is 2. The van der Waals surface area contributed by atoms with E-state index in [-0.39, 0.29) is 48.0 Å². The van der Waals surface area contributed by atoms with E-state index in [1.165, 1.54) is 11.2 Å². The first kappa shape index (κ1) is 24.5. The first-order valence-corrected chi connectivity index (χ1v) is 12.8. The summed E-state index contributed by atoms with van der Waals surface area (Å²) in [4.78, 5) is 34.2. The van der Waals surface area contributed by atoms with Gasteiger partial charge in [0.2, 0.25) is 11.8 Å². The van der Waals surface area contributed by atoms with Crippen LogP contribution in [0.15, 0.2) is 30.7 Å². The number of carbonyl (C=O) groups is 2. The van der Waals surface area contributed by atoms with Gasteiger partial charge < -0.3 is 15.0 Å². The molecule has 0 radical (unpaired) electrons. The highest BCUT2D eigenvalue weighted by atomic mass is 35.5. The maximum absolute atomic E-state index is 12.9. The molecule has 4 aliphatic rings. The van der Waals surface area contributed by atoms with Gasteiger partial charge in [-0.25, -0.2) is 9.50 Å². The molecule has 3 unspecified atom stereocenters. The van der Waals surface area contributed by atoms with Gasteiger partial charge in [-0.3, -0.25) is 14.5 Å². The second-order valence-electron chi connectivity index (χ2n) is 10.8. The van der Waals surface area contributed by atoms with Crippen LogP contribution in [0.5, 0.6) is 5.75 Å². The summed E-state index contributed by atoms with van der Waals surface area (Å²) in [6, 6.07) is 6.14. The Hall–Kier alpha value is -2.88. The Balaban J connectivity index is 0.00000252. The van der Waals surface area contributed by atoms with Crippen LogP contribution in [0.4, 0.5) is 5.69 Å². The predicted octanol–water partition coefficient (Wildman–Crippen LogP) is 3.17. The number of anilines is 1. The van der Waals surface area contributed by atoms with Crippen LogP contribution in [0.25, 0.3) is 16.8 Å². The molecule has 0 spiro atoms. The summed E-state index contributed by atoms with van der Waals surface area (Å²) in [6.07, 6.45) is 4.45. The second-order valence-corrected chi connectivity index (χ2v) is 11.3. The largest absolute Gasteiger partial charge is 0.489 e. The minimum Gasteiger partial charge on any atom is -0.489 e. The van der Waals surface area contributed by atoms with Crippen molar-refractivity contribution in [2.45, 2.75) is 32.9 Å². The average Bonchev–Trinajstić information content (AvgIpc) is 3.32. The van der Waals surface area contributed by atoms with Crippen molar-refractivity contribution in [1.29, 1.82) is 0 Å². The molecular formula is C26H28Cl2N6O3. The lowest BCUT2D eigenvalue weighted by Crippen LogP contribution is -2.42. The number of nitrogens with one attached hydrogen (secondary N) is 1. The monoisotopic (exact) mass is 542 g/mol. The van der Waals surface area contributed by atoms with Gasteiger partial charge in [0.05, 0.1) is 36.1 Å². The van der Waals surface area contributed by atoms with E-state index in [0.29, 0.717) is 17.7 Å². The maximum atomic E-state index is 12.9. The van der Waals surface area contributed by atoms with Gasteiger partial charge in [-0.2, -0.15) is 5.10 Å². The zero-order valence-corrected chi connectivity index (χ0v) is 22.2. The molecule has 1 aliphatic carbocycles. The summed E-state index contributed by atoms with van der Waals surface area (Å²) < 4.78 is 7.79. The Bertz CT molecular complexity index is 1410. The Labute approximate surface area is 225 Å². The highest BCUT2D eigenvalue weighted by Gasteiger charge is 2.72. The van der Waals surface area contributed by atoms with E-state index < -0.39 is 0 Å². The maximum Gasteiger partial charge on any atom is 0.233 e. The normalized spacial score (nSPS) is 25.6. The molecule has 11 heteroatoms. The molecular weight excluding hydrogens is 515 g/mol. The topological polar surface area (TPSA) is 92.1 Å². The van der Waals surface area contributed by atoms with Crippen LogP contribution in [0.2, 0.25) is 5.02 Å². The summed E-state index contributed by atoms with van der Waals surface area (Å²) in [5.41, 5.74) is 4.02. The molecule has 2 aromatic heterocycles. The van der Waals surface area contributed by atoms with Crippen molar-refractivity contribution in [2.75, 3.05) is 31.1 Å². The predicted molar refractivity (Wildman–Crippen MR) is 141 cm³/mol. The van der Waals surface area contributed by atoms with Crippen LogP contribution in [-0.4, -0.2) is 63.6 Å². The number of hydrogen-bond donors (Lipinski definition) is 1. The van der Waals surface area contributed by atoms with Crippen LogP contribution in [0, 0.1) is 17.3 Å². The molecule has 2 amide bonds. The van der Waals surface area contributed by atoms with Gasteiger partial charge in [-0.15, -0.1) is 12.4 Å². The molecule has 2 saturated heterocycles. The van der Waals surface area contributed by atoms with Crippen LogP contribution < -0.4 is 15.0 Å². The third-order valence-corrected chi connectivity index (χ3v) is 8.56. The van der Waals surface area contributed by atoms with Crippen molar-refractivity contribution in [3.63, 3.8) is 0 Å². The van der Waals surface area contributed by atoms with Crippen LogP contribution >= 0.6 is 24.0 Å². The third kappa shape index (κ3) is 3.62. The number of hydrogen-bond acceptors (Lipinski definition) is 7. The van der Waals surface area contributed by atoms with Gasteiger partial charge in [0.15, 0.2) is 0 Å². The van der Waals surface area contributed by atoms with Gasteiger partial charge in [0.25, 0.3) is 0 Å². The lowest BCUT2D eigenvalue weighted by molar-refractivity contribution is -0.143. The van der Waals surface area contributed by atoms with Crippen LogP contribution in [-0.2, 0) is 16.1 Å². The molecule has 0 bridgehead atoms. The summed E-state index contributed by atoms with van der Waals surface area (Å²) in [5, 5.41) is 8.44. The quantitative estimate of drug-likeness (QED) is 0.506. The van der Waals surface area contributed by atoms with E-state index >= 15 is 0 Å². The minimum atomic E-state index is -0.219. The SMILES string of the molecule is CC1(C)C2C(=O)N(Cc3cc4c(-c5cc(Cl)cc6c5N(C5CCNC5)CCO6)ncnn4c3)C(=O)C21.Cl. The van der Waals surface area contributed by atoms with Crippen molar-refractivity contribution >= 4 is 47.0 Å². The van der Waals surface area contributed by atoms with Crippen molar-refractivity contribution < 1.29 is 14.3 Å². The summed E-state index contributed by atoms with van der Waals surface area (Å²) in [5.74, 6) is 0.240. The van der Waals surface area contributed by atoms with E-state index in [0.717, 1.165) is 59.8 Å². The molecule has 37 heavy (non-hydrogen) atoms. The fraction of sp³-hybridized carbons (Fsp3) is 0.462. The molecule has 3 aliphatic heterocycles. The Morgan fingerprint density at radius 2 is 1.97 bits per heavy atom. The van der Waals surface area contributed by atoms with E-state index in [1.807, 2.05) is 38.2 Å². The van der Waals surface area contributed by atoms with Crippen molar-refractivity contribution in [3.8, 4) is 17.0 Å². The zero-order valence-electron chi connectivity index (χ0n) is 20.6. The first-order chi connectivity index (χ1) is 17.3. The zero-order chi connectivity index (χ0) is 24.8. The van der Waals surface area contributed by atoms with Gasteiger partial charge in [-0.1, -0.05) is 25.4 Å².